The standard InChI is InChI=1S/C10H14N2/c1-9-5-4-8-12-10(9)6-2-3-7-11/h2,4-6,8H,3,7,11H2,1H3. The van der Waals surface area contributed by atoms with Crippen LogP contribution in [-0.4, -0.2) is 11.5 Å². The fourth-order valence-electron chi connectivity index (χ4n) is 0.964. The largest absolute Gasteiger partial charge is 0.330 e. The Bertz CT molecular complexity index is 266. The number of aromatic nitrogens is 1. The molecule has 2 N–H and O–H groups in total. The lowest BCUT2D eigenvalue weighted by molar-refractivity contribution is 1.01. The van der Waals surface area contributed by atoms with Crippen molar-refractivity contribution in [3.63, 3.8) is 0 Å². The summed E-state index contributed by atoms with van der Waals surface area (Å²) in [5.74, 6) is 0. The Balaban J connectivity index is 2.68. The number of hydrogen-bond acceptors (Lipinski definition) is 2. The van der Waals surface area contributed by atoms with E-state index >= 15 is 0 Å². The van der Waals surface area contributed by atoms with Gasteiger partial charge in [-0.05, 0) is 37.6 Å². The Hall–Kier alpha value is -1.15. The molecule has 1 rings (SSSR count). The molecule has 0 saturated heterocycles. The van der Waals surface area contributed by atoms with Crippen LogP contribution in [-0.2, 0) is 0 Å². The topological polar surface area (TPSA) is 38.9 Å². The fourth-order valence-corrected chi connectivity index (χ4v) is 0.964. The van der Waals surface area contributed by atoms with Crippen LogP contribution >= 0.6 is 0 Å². The molecule has 0 fully saturated rings. The molecule has 0 unspecified atom stereocenters. The Kier molecular flexibility index (Phi) is 3.48. The lowest BCUT2D eigenvalue weighted by Crippen LogP contribution is -1.95. The van der Waals surface area contributed by atoms with E-state index in [0.717, 1.165) is 12.1 Å². The van der Waals surface area contributed by atoms with E-state index in [4.69, 9.17) is 5.73 Å². The average Bonchev–Trinajstić information content (AvgIpc) is 2.09. The maximum absolute atomic E-state index is 5.36. The van der Waals surface area contributed by atoms with Crippen molar-refractivity contribution in [2.24, 2.45) is 5.73 Å². The molecule has 64 valence electrons. The van der Waals surface area contributed by atoms with Crippen molar-refractivity contribution in [2.75, 3.05) is 6.54 Å². The number of aryl methyl sites for hydroxylation is 1. The smallest absolute Gasteiger partial charge is 0.0655 e. The summed E-state index contributed by atoms with van der Waals surface area (Å²) in [6.07, 6.45) is 6.78. The van der Waals surface area contributed by atoms with Gasteiger partial charge in [0.2, 0.25) is 0 Å². The van der Waals surface area contributed by atoms with Gasteiger partial charge < -0.3 is 5.73 Å². The summed E-state index contributed by atoms with van der Waals surface area (Å²) in [5.41, 5.74) is 7.59. The van der Waals surface area contributed by atoms with Gasteiger partial charge in [0, 0.05) is 6.20 Å². The molecule has 0 saturated carbocycles. The summed E-state index contributed by atoms with van der Waals surface area (Å²) in [7, 11) is 0. The minimum Gasteiger partial charge on any atom is -0.330 e. The molecule has 2 heteroatoms. The molecule has 1 heterocycles. The molecule has 1 aromatic heterocycles. The lowest BCUT2D eigenvalue weighted by Gasteiger charge is -1.96. The first-order valence-corrected chi connectivity index (χ1v) is 4.13. The summed E-state index contributed by atoms with van der Waals surface area (Å²) < 4.78 is 0. The van der Waals surface area contributed by atoms with E-state index in [2.05, 4.69) is 24.1 Å². The maximum Gasteiger partial charge on any atom is 0.0655 e. The minimum absolute atomic E-state index is 0.697. The van der Waals surface area contributed by atoms with Gasteiger partial charge in [-0.1, -0.05) is 12.1 Å². The van der Waals surface area contributed by atoms with Gasteiger partial charge in [0.05, 0.1) is 5.69 Å². The zero-order chi connectivity index (χ0) is 8.81. The average molecular weight is 162 g/mol. The van der Waals surface area contributed by atoms with Crippen LogP contribution in [0.4, 0.5) is 0 Å². The van der Waals surface area contributed by atoms with Crippen LogP contribution in [0, 0.1) is 6.92 Å². The molecule has 0 spiro atoms. The quantitative estimate of drug-likeness (QED) is 0.735. The molecule has 0 aliphatic heterocycles. The van der Waals surface area contributed by atoms with Crippen LogP contribution in [0.3, 0.4) is 0 Å². The van der Waals surface area contributed by atoms with Gasteiger partial charge in [0.15, 0.2) is 0 Å². The van der Waals surface area contributed by atoms with E-state index in [0.29, 0.717) is 6.54 Å². The van der Waals surface area contributed by atoms with E-state index < -0.39 is 0 Å². The number of nitrogens with zero attached hydrogens (tertiary/aromatic N) is 1. The Labute approximate surface area is 73.1 Å². The molecule has 12 heavy (non-hydrogen) atoms. The van der Waals surface area contributed by atoms with E-state index in [1.807, 2.05) is 12.1 Å². The summed E-state index contributed by atoms with van der Waals surface area (Å²) >= 11 is 0. The van der Waals surface area contributed by atoms with E-state index in [1.165, 1.54) is 5.56 Å². The van der Waals surface area contributed by atoms with Crippen LogP contribution in [0.5, 0.6) is 0 Å². The number of hydrogen-bond donors (Lipinski definition) is 1. The SMILES string of the molecule is Cc1cccnc1C=CCCN. The van der Waals surface area contributed by atoms with Gasteiger partial charge in [-0.3, -0.25) is 4.98 Å². The molecule has 0 atom stereocenters. The summed E-state index contributed by atoms with van der Waals surface area (Å²) in [5, 5.41) is 0. The van der Waals surface area contributed by atoms with Crippen molar-refractivity contribution in [3.8, 4) is 0 Å². The lowest BCUT2D eigenvalue weighted by atomic mass is 10.2. The predicted octanol–water partition coefficient (Wildman–Crippen LogP) is 1.75. The first kappa shape index (κ1) is 8.94. The van der Waals surface area contributed by atoms with Crippen LogP contribution in [0.15, 0.2) is 24.4 Å². The molecule has 2 nitrogen and oxygen atoms in total. The summed E-state index contributed by atoms with van der Waals surface area (Å²) in [4.78, 5) is 4.22. The Morgan fingerprint density at radius 2 is 2.42 bits per heavy atom. The molecule has 0 radical (unpaired) electrons. The number of nitrogens with two attached hydrogens (primary N) is 1. The number of pyridine rings is 1. The highest BCUT2D eigenvalue weighted by Gasteiger charge is 1.90. The number of rotatable bonds is 3. The highest BCUT2D eigenvalue weighted by molar-refractivity contribution is 5.48. The Morgan fingerprint density at radius 3 is 3.08 bits per heavy atom. The van der Waals surface area contributed by atoms with Gasteiger partial charge in [-0.15, -0.1) is 0 Å². The van der Waals surface area contributed by atoms with Crippen LogP contribution in [0.25, 0.3) is 6.08 Å². The highest BCUT2D eigenvalue weighted by atomic mass is 14.7. The van der Waals surface area contributed by atoms with Crippen molar-refractivity contribution in [1.29, 1.82) is 0 Å². The van der Waals surface area contributed by atoms with E-state index in [9.17, 15) is 0 Å². The molecule has 0 aromatic carbocycles. The molecule has 0 aliphatic carbocycles. The molecule has 0 bridgehead atoms. The molecule has 0 amide bonds. The monoisotopic (exact) mass is 162 g/mol. The van der Waals surface area contributed by atoms with Crippen molar-refractivity contribution < 1.29 is 0 Å². The zero-order valence-corrected chi connectivity index (χ0v) is 7.33. The second kappa shape index (κ2) is 4.67. The second-order valence-corrected chi connectivity index (χ2v) is 2.69. The van der Waals surface area contributed by atoms with Crippen LogP contribution in [0.1, 0.15) is 17.7 Å². The molecule has 0 aliphatic rings. The van der Waals surface area contributed by atoms with Crippen molar-refractivity contribution in [1.82, 2.24) is 4.98 Å². The zero-order valence-electron chi connectivity index (χ0n) is 7.33. The predicted molar refractivity (Wildman–Crippen MR) is 51.7 cm³/mol. The molecular formula is C10H14N2. The molecular weight excluding hydrogens is 148 g/mol. The summed E-state index contributed by atoms with van der Waals surface area (Å²) in [6, 6.07) is 3.99. The van der Waals surface area contributed by atoms with Gasteiger partial charge in [0.25, 0.3) is 0 Å². The van der Waals surface area contributed by atoms with E-state index in [-0.39, 0.29) is 0 Å². The Morgan fingerprint density at radius 1 is 1.58 bits per heavy atom. The van der Waals surface area contributed by atoms with E-state index in [1.54, 1.807) is 6.20 Å². The van der Waals surface area contributed by atoms with Gasteiger partial charge in [0.1, 0.15) is 0 Å². The van der Waals surface area contributed by atoms with Gasteiger partial charge in [-0.2, -0.15) is 0 Å². The van der Waals surface area contributed by atoms with Crippen LogP contribution < -0.4 is 5.73 Å². The third-order valence-electron chi connectivity index (χ3n) is 1.66. The maximum atomic E-state index is 5.36. The van der Waals surface area contributed by atoms with Crippen molar-refractivity contribution >= 4 is 6.08 Å². The summed E-state index contributed by atoms with van der Waals surface area (Å²) in [6.45, 7) is 2.75. The first-order valence-electron chi connectivity index (χ1n) is 4.13. The third kappa shape index (κ3) is 2.47. The van der Waals surface area contributed by atoms with Crippen molar-refractivity contribution in [3.05, 3.63) is 35.7 Å². The van der Waals surface area contributed by atoms with Gasteiger partial charge in [-0.25, -0.2) is 0 Å². The van der Waals surface area contributed by atoms with Crippen molar-refractivity contribution in [2.45, 2.75) is 13.3 Å². The second-order valence-electron chi connectivity index (χ2n) is 2.69. The normalized spacial score (nSPS) is 10.8. The first-order chi connectivity index (χ1) is 5.84. The fraction of sp³-hybridized carbons (Fsp3) is 0.300. The third-order valence-corrected chi connectivity index (χ3v) is 1.66. The highest BCUT2D eigenvalue weighted by Crippen LogP contribution is 2.04. The van der Waals surface area contributed by atoms with Crippen LogP contribution in [0.2, 0.25) is 0 Å². The molecule has 1 aromatic rings. The van der Waals surface area contributed by atoms with Gasteiger partial charge >= 0.3 is 0 Å². The minimum atomic E-state index is 0.697.